The maximum absolute atomic E-state index is 10.9. The van der Waals surface area contributed by atoms with Crippen molar-refractivity contribution in [1.82, 2.24) is 4.57 Å². The van der Waals surface area contributed by atoms with Crippen LogP contribution in [-0.4, -0.2) is 10.9 Å². The Morgan fingerprint density at radius 1 is 0.952 bits per heavy atom. The van der Waals surface area contributed by atoms with Gasteiger partial charge in [0.05, 0.1) is 10.7 Å². The molecule has 0 saturated heterocycles. The molecule has 0 aliphatic carbocycles. The fourth-order valence-corrected chi connectivity index (χ4v) is 2.23. The minimum atomic E-state index is 0.565. The maximum atomic E-state index is 10.9. The number of hydrogen-bond acceptors (Lipinski definition) is 2. The Labute approximate surface area is 127 Å². The van der Waals surface area contributed by atoms with Crippen molar-refractivity contribution in [1.29, 1.82) is 0 Å². The van der Waals surface area contributed by atoms with Gasteiger partial charge in [0.1, 0.15) is 11.5 Å². The summed E-state index contributed by atoms with van der Waals surface area (Å²) in [6.07, 6.45) is 2.67. The first-order valence-corrected chi connectivity index (χ1v) is 6.81. The summed E-state index contributed by atoms with van der Waals surface area (Å²) in [5, 5.41) is 0.565. The Morgan fingerprint density at radius 3 is 2.43 bits per heavy atom. The number of rotatable bonds is 4. The van der Waals surface area contributed by atoms with Gasteiger partial charge in [-0.3, -0.25) is 4.79 Å². The Balaban J connectivity index is 1.85. The molecule has 4 heteroatoms. The molecular weight excluding hydrogens is 286 g/mol. The summed E-state index contributed by atoms with van der Waals surface area (Å²) in [7, 11) is 0. The van der Waals surface area contributed by atoms with Crippen LogP contribution >= 0.6 is 11.6 Å². The lowest BCUT2D eigenvalue weighted by Crippen LogP contribution is -1.97. The highest BCUT2D eigenvalue weighted by Gasteiger charge is 2.04. The van der Waals surface area contributed by atoms with E-state index in [1.807, 2.05) is 59.3 Å². The predicted molar refractivity (Wildman–Crippen MR) is 82.7 cm³/mol. The highest BCUT2D eigenvalue weighted by atomic mass is 35.5. The first-order valence-electron chi connectivity index (χ1n) is 6.43. The van der Waals surface area contributed by atoms with Crippen molar-refractivity contribution < 1.29 is 9.53 Å². The molecule has 2 aromatic carbocycles. The number of halogens is 1. The van der Waals surface area contributed by atoms with E-state index in [1.54, 1.807) is 12.1 Å². The van der Waals surface area contributed by atoms with Crippen LogP contribution in [0.4, 0.5) is 0 Å². The first-order chi connectivity index (χ1) is 10.3. The van der Waals surface area contributed by atoms with E-state index in [4.69, 9.17) is 16.3 Å². The smallest absolute Gasteiger partial charge is 0.166 e. The van der Waals surface area contributed by atoms with Gasteiger partial charge < -0.3 is 9.30 Å². The molecule has 3 aromatic rings. The van der Waals surface area contributed by atoms with Gasteiger partial charge in [0, 0.05) is 11.9 Å². The lowest BCUT2D eigenvalue weighted by molar-refractivity contribution is 0.111. The zero-order valence-electron chi connectivity index (χ0n) is 11.1. The molecule has 0 radical (unpaired) electrons. The van der Waals surface area contributed by atoms with Crippen LogP contribution in [0.2, 0.25) is 5.02 Å². The van der Waals surface area contributed by atoms with E-state index in [0.717, 1.165) is 12.0 Å². The number of carbonyl (C=O) groups excluding carboxylic acids is 1. The SMILES string of the molecule is O=Cc1cccn1-c1ccc(Oc2ccccc2Cl)cc1. The molecule has 3 rings (SSSR count). The van der Waals surface area contributed by atoms with Crippen molar-refractivity contribution in [2.75, 3.05) is 0 Å². The first kappa shape index (κ1) is 13.5. The standard InChI is InChI=1S/C17H12ClNO2/c18-16-5-1-2-6-17(16)21-15-9-7-13(8-10-15)19-11-3-4-14(19)12-20/h1-12H. The predicted octanol–water partition coefficient (Wildman–Crippen LogP) is 4.74. The summed E-state index contributed by atoms with van der Waals surface area (Å²) in [4.78, 5) is 10.9. The third-order valence-electron chi connectivity index (χ3n) is 3.08. The van der Waals surface area contributed by atoms with Crippen LogP contribution in [0.15, 0.2) is 66.9 Å². The molecule has 21 heavy (non-hydrogen) atoms. The number of nitrogens with zero attached hydrogens (tertiary/aromatic N) is 1. The lowest BCUT2D eigenvalue weighted by atomic mass is 10.3. The van der Waals surface area contributed by atoms with Crippen LogP contribution < -0.4 is 4.74 Å². The molecule has 0 bridgehead atoms. The molecule has 0 fully saturated rings. The van der Waals surface area contributed by atoms with Gasteiger partial charge in [-0.25, -0.2) is 0 Å². The summed E-state index contributed by atoms with van der Waals surface area (Å²) < 4.78 is 7.54. The zero-order valence-corrected chi connectivity index (χ0v) is 11.8. The van der Waals surface area contributed by atoms with E-state index in [-0.39, 0.29) is 0 Å². The minimum Gasteiger partial charge on any atom is -0.456 e. The number of ether oxygens (including phenoxy) is 1. The van der Waals surface area contributed by atoms with Gasteiger partial charge in [0.25, 0.3) is 0 Å². The molecule has 104 valence electrons. The summed E-state index contributed by atoms with van der Waals surface area (Å²) in [5.74, 6) is 1.30. The largest absolute Gasteiger partial charge is 0.456 e. The van der Waals surface area contributed by atoms with Crippen LogP contribution in [0, 0.1) is 0 Å². The molecule has 0 spiro atoms. The number of aromatic nitrogens is 1. The molecule has 0 aliphatic rings. The van der Waals surface area contributed by atoms with Gasteiger partial charge in [-0.1, -0.05) is 23.7 Å². The second-order valence-electron chi connectivity index (χ2n) is 4.45. The van der Waals surface area contributed by atoms with Crippen LogP contribution in [0.5, 0.6) is 11.5 Å². The molecular formula is C17H12ClNO2. The summed E-state index contributed by atoms with van der Waals surface area (Å²) in [5.41, 5.74) is 1.50. The molecule has 0 amide bonds. The monoisotopic (exact) mass is 297 g/mol. The van der Waals surface area contributed by atoms with Gasteiger partial charge in [0.15, 0.2) is 6.29 Å². The number of aldehydes is 1. The maximum Gasteiger partial charge on any atom is 0.166 e. The second kappa shape index (κ2) is 5.85. The van der Waals surface area contributed by atoms with E-state index >= 15 is 0 Å². The number of benzene rings is 2. The normalized spacial score (nSPS) is 10.3. The van der Waals surface area contributed by atoms with Gasteiger partial charge in [0.2, 0.25) is 0 Å². The molecule has 0 atom stereocenters. The molecule has 0 N–H and O–H groups in total. The quantitative estimate of drug-likeness (QED) is 0.652. The fourth-order valence-electron chi connectivity index (χ4n) is 2.05. The van der Waals surface area contributed by atoms with Crippen molar-refractivity contribution in [2.45, 2.75) is 0 Å². The van der Waals surface area contributed by atoms with Gasteiger partial charge >= 0.3 is 0 Å². The molecule has 3 nitrogen and oxygen atoms in total. The highest BCUT2D eigenvalue weighted by molar-refractivity contribution is 6.32. The van der Waals surface area contributed by atoms with E-state index < -0.39 is 0 Å². The number of hydrogen-bond donors (Lipinski definition) is 0. The van der Waals surface area contributed by atoms with Crippen LogP contribution in [0.1, 0.15) is 10.5 Å². The van der Waals surface area contributed by atoms with Crippen molar-refractivity contribution in [3.05, 3.63) is 77.6 Å². The van der Waals surface area contributed by atoms with Gasteiger partial charge in [-0.2, -0.15) is 0 Å². The van der Waals surface area contributed by atoms with E-state index in [2.05, 4.69) is 0 Å². The third-order valence-corrected chi connectivity index (χ3v) is 3.39. The summed E-state index contributed by atoms with van der Waals surface area (Å²) in [6.45, 7) is 0. The molecule has 1 heterocycles. The van der Waals surface area contributed by atoms with E-state index in [9.17, 15) is 4.79 Å². The van der Waals surface area contributed by atoms with Gasteiger partial charge in [-0.05, 0) is 48.5 Å². The Bertz CT molecular complexity index is 762. The van der Waals surface area contributed by atoms with E-state index in [0.29, 0.717) is 22.2 Å². The minimum absolute atomic E-state index is 0.565. The Morgan fingerprint density at radius 2 is 1.71 bits per heavy atom. The summed E-state index contributed by atoms with van der Waals surface area (Å²) >= 11 is 6.06. The molecule has 1 aromatic heterocycles. The Hall–Kier alpha value is -2.52. The second-order valence-corrected chi connectivity index (χ2v) is 4.85. The van der Waals surface area contributed by atoms with Gasteiger partial charge in [-0.15, -0.1) is 0 Å². The third kappa shape index (κ3) is 2.83. The molecule has 0 aliphatic heterocycles. The van der Waals surface area contributed by atoms with Crippen molar-refractivity contribution >= 4 is 17.9 Å². The van der Waals surface area contributed by atoms with Crippen molar-refractivity contribution in [3.63, 3.8) is 0 Å². The van der Waals surface area contributed by atoms with Crippen LogP contribution in [0.3, 0.4) is 0 Å². The summed E-state index contributed by atoms with van der Waals surface area (Å²) in [6, 6.07) is 18.4. The molecule has 0 unspecified atom stereocenters. The van der Waals surface area contributed by atoms with Crippen LogP contribution in [0.25, 0.3) is 5.69 Å². The number of carbonyl (C=O) groups is 1. The van der Waals surface area contributed by atoms with Crippen LogP contribution in [-0.2, 0) is 0 Å². The average molecular weight is 298 g/mol. The average Bonchev–Trinajstić information content (AvgIpc) is 2.99. The van der Waals surface area contributed by atoms with Crippen molar-refractivity contribution in [3.8, 4) is 17.2 Å². The highest BCUT2D eigenvalue weighted by Crippen LogP contribution is 2.29. The zero-order chi connectivity index (χ0) is 14.7. The molecule has 0 saturated carbocycles. The lowest BCUT2D eigenvalue weighted by Gasteiger charge is -2.09. The topological polar surface area (TPSA) is 31.2 Å². The fraction of sp³-hybridized carbons (Fsp3) is 0. The van der Waals surface area contributed by atoms with Crippen molar-refractivity contribution in [2.24, 2.45) is 0 Å². The Kier molecular flexibility index (Phi) is 3.75. The number of para-hydroxylation sites is 1. The van der Waals surface area contributed by atoms with E-state index in [1.165, 1.54) is 0 Å².